The van der Waals surface area contributed by atoms with Crippen molar-refractivity contribution in [1.82, 2.24) is 9.27 Å². The predicted molar refractivity (Wildman–Crippen MR) is 134 cm³/mol. The van der Waals surface area contributed by atoms with E-state index in [0.717, 1.165) is 50.5 Å². The molecule has 0 radical (unpaired) electrons. The van der Waals surface area contributed by atoms with Crippen LogP contribution in [0.15, 0.2) is 70.3 Å². The molecule has 5 rings (SSSR count). The number of rotatable bonds is 7. The third-order valence-corrected chi connectivity index (χ3v) is 9.28. The Morgan fingerprint density at radius 1 is 0.969 bits per heavy atom. The average Bonchev–Trinajstić information content (AvgIpc) is 3.49. The van der Waals surface area contributed by atoms with Gasteiger partial charge in [-0.1, -0.05) is 30.3 Å². The maximum atomic E-state index is 12.5. The summed E-state index contributed by atoms with van der Waals surface area (Å²) in [6.45, 7) is 4.88. The molecule has 1 fully saturated rings. The van der Waals surface area contributed by atoms with Gasteiger partial charge in [0.05, 0.1) is 4.70 Å². The lowest BCUT2D eigenvalue weighted by atomic mass is 10.1. The number of benzene rings is 2. The van der Waals surface area contributed by atoms with Gasteiger partial charge in [-0.15, -0.1) is 11.3 Å². The molecule has 0 bridgehead atoms. The molecule has 2 aromatic carbocycles. The highest BCUT2D eigenvalue weighted by Gasteiger charge is 2.20. The molecule has 9 heteroatoms. The van der Waals surface area contributed by atoms with E-state index in [9.17, 15) is 8.42 Å². The summed E-state index contributed by atoms with van der Waals surface area (Å²) in [7, 11) is -3.52. The molecule has 2 aromatic heterocycles. The van der Waals surface area contributed by atoms with Crippen molar-refractivity contribution >= 4 is 54.5 Å². The second kappa shape index (κ2) is 9.19. The van der Waals surface area contributed by atoms with Gasteiger partial charge in [-0.2, -0.15) is 4.37 Å². The lowest BCUT2D eigenvalue weighted by Gasteiger charge is -2.35. The zero-order chi connectivity index (χ0) is 22.0. The molecule has 0 spiro atoms. The number of thiophene rings is 1. The lowest BCUT2D eigenvalue weighted by molar-refractivity contribution is 0.261. The van der Waals surface area contributed by atoms with Gasteiger partial charge in [0.25, 0.3) is 10.0 Å². The molecule has 0 amide bonds. The molecule has 1 saturated heterocycles. The van der Waals surface area contributed by atoms with Gasteiger partial charge in [0.15, 0.2) is 0 Å². The SMILES string of the molecule is O=S(=O)(Nc1cccc(CCN2CCN(c3nsc4ccccc34)CC2)c1)c1cccs1. The number of hydrogen-bond donors (Lipinski definition) is 1. The van der Waals surface area contributed by atoms with Gasteiger partial charge in [-0.25, -0.2) is 8.42 Å². The van der Waals surface area contributed by atoms with Crippen molar-refractivity contribution in [2.45, 2.75) is 10.6 Å². The van der Waals surface area contributed by atoms with Crippen molar-refractivity contribution in [3.63, 3.8) is 0 Å². The summed E-state index contributed by atoms with van der Waals surface area (Å²) in [6, 6.07) is 19.5. The van der Waals surface area contributed by atoms with Crippen molar-refractivity contribution in [3.8, 4) is 0 Å². The van der Waals surface area contributed by atoms with Crippen molar-refractivity contribution in [1.29, 1.82) is 0 Å². The lowest BCUT2D eigenvalue weighted by Crippen LogP contribution is -2.47. The van der Waals surface area contributed by atoms with Crippen LogP contribution >= 0.6 is 22.9 Å². The largest absolute Gasteiger partial charge is 0.353 e. The first kappa shape index (κ1) is 21.4. The van der Waals surface area contributed by atoms with E-state index in [2.05, 4.69) is 49.2 Å². The van der Waals surface area contributed by atoms with Crippen molar-refractivity contribution < 1.29 is 8.42 Å². The topological polar surface area (TPSA) is 65.5 Å². The fraction of sp³-hybridized carbons (Fsp3) is 0.261. The number of anilines is 2. The van der Waals surface area contributed by atoms with E-state index in [1.807, 2.05) is 12.1 Å². The first-order valence-electron chi connectivity index (χ1n) is 10.6. The molecule has 3 heterocycles. The molecule has 4 aromatic rings. The van der Waals surface area contributed by atoms with E-state index >= 15 is 0 Å². The average molecular weight is 485 g/mol. The third-order valence-electron chi connectivity index (χ3n) is 5.69. The highest BCUT2D eigenvalue weighted by Crippen LogP contribution is 2.30. The number of hydrogen-bond acceptors (Lipinski definition) is 7. The number of nitrogens with zero attached hydrogens (tertiary/aromatic N) is 3. The van der Waals surface area contributed by atoms with Crippen LogP contribution in [0.4, 0.5) is 11.5 Å². The van der Waals surface area contributed by atoms with Crippen LogP contribution in [-0.4, -0.2) is 50.4 Å². The molecule has 0 saturated carbocycles. The zero-order valence-electron chi connectivity index (χ0n) is 17.5. The van der Waals surface area contributed by atoms with Crippen LogP contribution in [0, 0.1) is 0 Å². The number of aromatic nitrogens is 1. The number of piperazine rings is 1. The number of sulfonamides is 1. The molecule has 0 aliphatic carbocycles. The van der Waals surface area contributed by atoms with E-state index in [-0.39, 0.29) is 0 Å². The summed E-state index contributed by atoms with van der Waals surface area (Å²) in [4.78, 5) is 4.85. The Morgan fingerprint density at radius 3 is 2.62 bits per heavy atom. The van der Waals surface area contributed by atoms with Crippen LogP contribution in [0.3, 0.4) is 0 Å². The molecule has 32 heavy (non-hydrogen) atoms. The maximum absolute atomic E-state index is 12.5. The Bertz CT molecular complexity index is 1290. The van der Waals surface area contributed by atoms with Crippen LogP contribution in [-0.2, 0) is 16.4 Å². The van der Waals surface area contributed by atoms with Crippen LogP contribution in [0.2, 0.25) is 0 Å². The summed E-state index contributed by atoms with van der Waals surface area (Å²) < 4.78 is 33.9. The minimum Gasteiger partial charge on any atom is -0.353 e. The van der Waals surface area contributed by atoms with Crippen molar-refractivity contribution in [2.24, 2.45) is 0 Å². The van der Waals surface area contributed by atoms with Gasteiger partial charge < -0.3 is 4.90 Å². The smallest absolute Gasteiger partial charge is 0.271 e. The van der Waals surface area contributed by atoms with E-state index in [0.29, 0.717) is 9.90 Å². The normalized spacial score (nSPS) is 15.3. The highest BCUT2D eigenvalue weighted by atomic mass is 32.2. The molecule has 1 aliphatic heterocycles. The van der Waals surface area contributed by atoms with Gasteiger partial charge in [-0.3, -0.25) is 9.62 Å². The van der Waals surface area contributed by atoms with Crippen LogP contribution in [0.5, 0.6) is 0 Å². The predicted octanol–water partition coefficient (Wildman–Crippen LogP) is 4.52. The van der Waals surface area contributed by atoms with Crippen LogP contribution < -0.4 is 9.62 Å². The van der Waals surface area contributed by atoms with Gasteiger partial charge in [0, 0.05) is 43.8 Å². The fourth-order valence-electron chi connectivity index (χ4n) is 3.98. The Morgan fingerprint density at radius 2 is 1.81 bits per heavy atom. The van der Waals surface area contributed by atoms with Crippen molar-refractivity contribution in [2.75, 3.05) is 42.3 Å². The summed E-state index contributed by atoms with van der Waals surface area (Å²) in [5, 5.41) is 3.01. The Kier molecular flexibility index (Phi) is 6.14. The van der Waals surface area contributed by atoms with Gasteiger partial charge >= 0.3 is 0 Å². The quantitative estimate of drug-likeness (QED) is 0.418. The molecular weight excluding hydrogens is 460 g/mol. The minimum absolute atomic E-state index is 0.327. The summed E-state index contributed by atoms with van der Waals surface area (Å²) in [5.74, 6) is 1.11. The molecule has 0 atom stereocenters. The third kappa shape index (κ3) is 4.66. The minimum atomic E-state index is -3.52. The number of nitrogens with one attached hydrogen (secondary N) is 1. The van der Waals surface area contributed by atoms with Gasteiger partial charge in [0.2, 0.25) is 0 Å². The molecule has 6 nitrogen and oxygen atoms in total. The van der Waals surface area contributed by atoms with Gasteiger partial charge in [-0.05, 0) is 59.2 Å². The second-order valence-corrected chi connectivity index (χ2v) is 11.5. The van der Waals surface area contributed by atoms with Crippen molar-refractivity contribution in [3.05, 3.63) is 71.6 Å². The summed E-state index contributed by atoms with van der Waals surface area (Å²) >= 11 is 2.78. The van der Waals surface area contributed by atoms with Gasteiger partial charge in [0.1, 0.15) is 10.0 Å². The fourth-order valence-corrected chi connectivity index (χ4v) is 6.82. The van der Waals surface area contributed by atoms with E-state index in [4.69, 9.17) is 0 Å². The standard InChI is InChI=1S/C23H24N4O2S3/c28-32(29,22-9-4-16-30-22)25-19-6-3-5-18(17-19)10-11-26-12-14-27(15-13-26)23-20-7-1-2-8-21(20)31-24-23/h1-9,16-17,25H,10-15H2. The van der Waals surface area contributed by atoms with E-state index in [1.165, 1.54) is 21.4 Å². The summed E-state index contributed by atoms with van der Waals surface area (Å²) in [5.41, 5.74) is 1.74. The summed E-state index contributed by atoms with van der Waals surface area (Å²) in [6.07, 6.45) is 0.883. The van der Waals surface area contributed by atoms with Crippen LogP contribution in [0.1, 0.15) is 5.56 Å². The zero-order valence-corrected chi connectivity index (χ0v) is 19.9. The van der Waals surface area contributed by atoms with E-state index < -0.39 is 10.0 Å². The number of fused-ring (bicyclic) bond motifs is 1. The first-order valence-corrected chi connectivity index (χ1v) is 13.7. The van der Waals surface area contributed by atoms with E-state index in [1.54, 1.807) is 35.1 Å². The highest BCUT2D eigenvalue weighted by molar-refractivity contribution is 7.94. The Labute approximate surface area is 196 Å². The Balaban J connectivity index is 1.16. The second-order valence-electron chi connectivity index (χ2n) is 7.82. The monoisotopic (exact) mass is 484 g/mol. The molecule has 0 unspecified atom stereocenters. The molecule has 1 aliphatic rings. The maximum Gasteiger partial charge on any atom is 0.271 e. The molecule has 166 valence electrons. The first-order chi connectivity index (χ1) is 15.6. The molecular formula is C23H24N4O2S3. The Hall–Kier alpha value is -2.46. The van der Waals surface area contributed by atoms with Crippen LogP contribution in [0.25, 0.3) is 10.1 Å². The molecule has 1 N–H and O–H groups in total.